The van der Waals surface area contributed by atoms with Gasteiger partial charge in [0.15, 0.2) is 16.2 Å². The Morgan fingerprint density at radius 3 is 1.49 bits per heavy atom. The van der Waals surface area contributed by atoms with E-state index in [4.69, 9.17) is 38.6 Å². The number of rotatable bonds is 28. The van der Waals surface area contributed by atoms with Gasteiger partial charge in [0.1, 0.15) is 24.9 Å². The molecule has 0 radical (unpaired) electrons. The van der Waals surface area contributed by atoms with Crippen LogP contribution < -0.4 is 0 Å². The molecule has 5 nitrogen and oxygen atoms in total. The molecule has 0 aromatic rings. The fraction of sp³-hybridized carbons (Fsp3) is 0.941. The van der Waals surface area contributed by atoms with Gasteiger partial charge in [0.2, 0.25) is 0 Å². The number of aliphatic hydroxyl groups excluding tert-OH is 2. The lowest BCUT2D eigenvalue weighted by Crippen LogP contribution is -2.43. The predicted octanol–water partition coefficient (Wildman–Crippen LogP) is 9.57. The standard InChI is InChI=1S/C34H64O5S2/c1-3-5-7-9-11-13-15-17-19-21-23-25-31(40)37-27-29(35)33-34(30(36)28-38-33)39-32(41)26-24-22-20-18-16-14-12-10-8-6-4-2/h29-30,33-36H,3-28H2,1-2H3/t29-,30+,33+,34+/m1/s1. The monoisotopic (exact) mass is 616 g/mol. The molecular formula is C34H64O5S2. The van der Waals surface area contributed by atoms with E-state index < -0.39 is 24.4 Å². The van der Waals surface area contributed by atoms with Crippen molar-refractivity contribution in [3.8, 4) is 0 Å². The van der Waals surface area contributed by atoms with E-state index in [2.05, 4.69) is 13.8 Å². The van der Waals surface area contributed by atoms with Gasteiger partial charge < -0.3 is 24.4 Å². The van der Waals surface area contributed by atoms with Crippen molar-refractivity contribution in [2.45, 2.75) is 192 Å². The van der Waals surface area contributed by atoms with Crippen LogP contribution in [0.5, 0.6) is 0 Å². The van der Waals surface area contributed by atoms with Crippen LogP contribution >= 0.6 is 24.4 Å². The highest BCUT2D eigenvalue weighted by molar-refractivity contribution is 7.80. The third-order valence-corrected chi connectivity index (χ3v) is 8.82. The average Bonchev–Trinajstić information content (AvgIpc) is 3.32. The van der Waals surface area contributed by atoms with Gasteiger partial charge in [-0.2, -0.15) is 0 Å². The van der Waals surface area contributed by atoms with Crippen LogP contribution in [0.15, 0.2) is 0 Å². The Morgan fingerprint density at radius 2 is 1.05 bits per heavy atom. The zero-order chi connectivity index (χ0) is 30.0. The summed E-state index contributed by atoms with van der Waals surface area (Å²) < 4.78 is 17.2. The van der Waals surface area contributed by atoms with Crippen molar-refractivity contribution in [3.63, 3.8) is 0 Å². The predicted molar refractivity (Wildman–Crippen MR) is 180 cm³/mol. The first-order valence-electron chi connectivity index (χ1n) is 17.3. The first kappa shape index (κ1) is 38.7. The highest BCUT2D eigenvalue weighted by atomic mass is 32.1. The van der Waals surface area contributed by atoms with Crippen molar-refractivity contribution in [1.29, 1.82) is 0 Å². The average molecular weight is 617 g/mol. The molecule has 1 rings (SSSR count). The highest BCUT2D eigenvalue weighted by Gasteiger charge is 2.43. The quantitative estimate of drug-likeness (QED) is 0.0670. The minimum atomic E-state index is -0.933. The summed E-state index contributed by atoms with van der Waals surface area (Å²) in [6, 6.07) is 0. The molecule has 2 N–H and O–H groups in total. The van der Waals surface area contributed by atoms with Crippen LogP contribution in [0, 0.1) is 0 Å². The molecule has 0 bridgehead atoms. The Bertz CT molecular complexity index is 632. The van der Waals surface area contributed by atoms with Gasteiger partial charge in [-0.05, 0) is 37.3 Å². The maximum atomic E-state index is 10.7. The van der Waals surface area contributed by atoms with Crippen molar-refractivity contribution in [2.24, 2.45) is 0 Å². The summed E-state index contributed by atoms with van der Waals surface area (Å²) in [5, 5.41) is 22.1. The molecule has 1 heterocycles. The normalized spacial score (nSPS) is 19.4. The lowest BCUT2D eigenvalue weighted by atomic mass is 10.0. The van der Waals surface area contributed by atoms with E-state index in [0.29, 0.717) is 16.5 Å². The Balaban J connectivity index is 2.09. The molecule has 0 aliphatic carbocycles. The Morgan fingerprint density at radius 1 is 0.659 bits per heavy atom. The van der Waals surface area contributed by atoms with Crippen molar-refractivity contribution in [1.82, 2.24) is 0 Å². The molecule has 0 spiro atoms. The first-order valence-corrected chi connectivity index (χ1v) is 18.1. The second kappa shape index (κ2) is 27.2. The third kappa shape index (κ3) is 21.1. The van der Waals surface area contributed by atoms with Gasteiger partial charge in [0.25, 0.3) is 0 Å². The summed E-state index contributed by atoms with van der Waals surface area (Å²) >= 11 is 10.8. The van der Waals surface area contributed by atoms with Gasteiger partial charge in [-0.1, -0.05) is 142 Å². The van der Waals surface area contributed by atoms with Crippen LogP contribution in [-0.4, -0.2) is 57.9 Å². The van der Waals surface area contributed by atoms with Crippen LogP contribution in [0.2, 0.25) is 0 Å². The summed E-state index contributed by atoms with van der Waals surface area (Å²) in [6.45, 7) is 4.68. The summed E-state index contributed by atoms with van der Waals surface area (Å²) in [5.41, 5.74) is 0. The summed E-state index contributed by atoms with van der Waals surface area (Å²) in [4.78, 5) is 0. The molecule has 7 heteroatoms. The number of hydrogen-bond acceptors (Lipinski definition) is 7. The van der Waals surface area contributed by atoms with Crippen molar-refractivity contribution in [3.05, 3.63) is 0 Å². The molecule has 0 amide bonds. The van der Waals surface area contributed by atoms with E-state index >= 15 is 0 Å². The number of hydrogen-bond donors (Lipinski definition) is 2. The smallest absolute Gasteiger partial charge is 0.160 e. The fourth-order valence-electron chi connectivity index (χ4n) is 5.52. The molecule has 0 aromatic carbocycles. The molecule has 0 unspecified atom stereocenters. The minimum absolute atomic E-state index is 0.0411. The molecule has 1 saturated heterocycles. The SMILES string of the molecule is CCCCCCCCCCCCCC(=S)OC[C@@H](O)[C@@H]1OC[C@H](O)[C@@H]1OC(=S)CCCCCCCCCCCCC. The zero-order valence-corrected chi connectivity index (χ0v) is 28.3. The Hall–Kier alpha value is -0.340. The van der Waals surface area contributed by atoms with Crippen LogP contribution in [-0.2, 0) is 14.2 Å². The second-order valence-corrected chi connectivity index (χ2v) is 13.1. The number of unbranched alkanes of at least 4 members (excludes halogenated alkanes) is 20. The maximum Gasteiger partial charge on any atom is 0.160 e. The summed E-state index contributed by atoms with van der Waals surface area (Å²) in [5.74, 6) is 0. The van der Waals surface area contributed by atoms with Gasteiger partial charge in [-0.3, -0.25) is 0 Å². The topological polar surface area (TPSA) is 68.2 Å². The van der Waals surface area contributed by atoms with E-state index in [0.717, 1.165) is 32.1 Å². The Labute approximate surface area is 263 Å². The van der Waals surface area contributed by atoms with E-state index in [1.807, 2.05) is 0 Å². The molecule has 0 aromatic heterocycles. The molecular weight excluding hydrogens is 553 g/mol. The van der Waals surface area contributed by atoms with Gasteiger partial charge >= 0.3 is 0 Å². The zero-order valence-electron chi connectivity index (χ0n) is 26.6. The van der Waals surface area contributed by atoms with E-state index in [-0.39, 0.29) is 13.2 Å². The van der Waals surface area contributed by atoms with E-state index in [9.17, 15) is 10.2 Å². The van der Waals surface area contributed by atoms with Crippen LogP contribution in [0.1, 0.15) is 168 Å². The number of ether oxygens (including phenoxy) is 3. The van der Waals surface area contributed by atoms with Crippen molar-refractivity contribution >= 4 is 34.5 Å². The van der Waals surface area contributed by atoms with Crippen LogP contribution in [0.25, 0.3) is 0 Å². The molecule has 4 atom stereocenters. The van der Waals surface area contributed by atoms with Crippen LogP contribution in [0.3, 0.4) is 0 Å². The summed E-state index contributed by atoms with van der Waals surface area (Å²) in [6.07, 6.45) is 26.7. The van der Waals surface area contributed by atoms with Crippen molar-refractivity contribution in [2.75, 3.05) is 13.2 Å². The molecule has 1 aliphatic rings. The number of aliphatic hydroxyl groups is 2. The Kier molecular flexibility index (Phi) is 25.7. The molecule has 0 saturated carbocycles. The van der Waals surface area contributed by atoms with Gasteiger partial charge in [-0.15, -0.1) is 0 Å². The number of thiocarbonyl (C=S) groups is 2. The lowest BCUT2D eigenvalue weighted by molar-refractivity contribution is -0.0620. The van der Waals surface area contributed by atoms with Crippen LogP contribution in [0.4, 0.5) is 0 Å². The largest absolute Gasteiger partial charge is 0.484 e. The second-order valence-electron chi connectivity index (χ2n) is 12.1. The lowest BCUT2D eigenvalue weighted by Gasteiger charge is -2.26. The first-order chi connectivity index (χ1) is 20.0. The minimum Gasteiger partial charge on any atom is -0.484 e. The van der Waals surface area contributed by atoms with Crippen molar-refractivity contribution < 1.29 is 24.4 Å². The highest BCUT2D eigenvalue weighted by Crippen LogP contribution is 2.23. The molecule has 41 heavy (non-hydrogen) atoms. The summed E-state index contributed by atoms with van der Waals surface area (Å²) in [7, 11) is 0. The maximum absolute atomic E-state index is 10.7. The van der Waals surface area contributed by atoms with Gasteiger partial charge in [0, 0.05) is 12.8 Å². The van der Waals surface area contributed by atoms with Gasteiger partial charge in [-0.25, -0.2) is 0 Å². The van der Waals surface area contributed by atoms with E-state index in [1.54, 1.807) is 0 Å². The molecule has 1 fully saturated rings. The fourth-order valence-corrected chi connectivity index (χ4v) is 5.98. The molecule has 242 valence electrons. The molecule has 1 aliphatic heterocycles. The van der Waals surface area contributed by atoms with Gasteiger partial charge in [0.05, 0.1) is 6.61 Å². The van der Waals surface area contributed by atoms with E-state index in [1.165, 1.54) is 116 Å². The third-order valence-electron chi connectivity index (χ3n) is 8.19.